The topological polar surface area (TPSA) is 64.3 Å². The molecule has 0 saturated heterocycles. The molecule has 1 aromatic rings. The van der Waals surface area contributed by atoms with E-state index >= 15 is 0 Å². The molecular formula is C13H19BrN2O2. The summed E-state index contributed by atoms with van der Waals surface area (Å²) in [6.45, 7) is 4.08. The Hall–Kier alpha value is -1.07. The van der Waals surface area contributed by atoms with Crippen molar-refractivity contribution in [2.24, 2.45) is 11.7 Å². The summed E-state index contributed by atoms with van der Waals surface area (Å²) in [5.41, 5.74) is 6.51. The molecule has 1 atom stereocenters. The van der Waals surface area contributed by atoms with Crippen LogP contribution in [0.2, 0.25) is 0 Å². The molecule has 0 heterocycles. The maximum absolute atomic E-state index is 11.8. The van der Waals surface area contributed by atoms with Crippen molar-refractivity contribution in [2.45, 2.75) is 26.3 Å². The normalized spacial score (nSPS) is 12.3. The molecule has 100 valence electrons. The average molecular weight is 315 g/mol. The van der Waals surface area contributed by atoms with E-state index < -0.39 is 6.04 Å². The van der Waals surface area contributed by atoms with Gasteiger partial charge < -0.3 is 15.8 Å². The third-order valence-corrected chi connectivity index (χ3v) is 3.10. The Morgan fingerprint density at radius 2 is 2.17 bits per heavy atom. The van der Waals surface area contributed by atoms with E-state index in [9.17, 15) is 4.79 Å². The summed E-state index contributed by atoms with van der Waals surface area (Å²) in [6.07, 6.45) is 0.670. The molecule has 4 nitrogen and oxygen atoms in total. The van der Waals surface area contributed by atoms with E-state index in [2.05, 4.69) is 21.2 Å². The van der Waals surface area contributed by atoms with E-state index in [0.717, 1.165) is 10.2 Å². The lowest BCUT2D eigenvalue weighted by atomic mass is 10.0. The lowest BCUT2D eigenvalue weighted by Gasteiger charge is -2.14. The molecule has 0 aliphatic heterocycles. The van der Waals surface area contributed by atoms with E-state index in [-0.39, 0.29) is 5.91 Å². The Kier molecular flexibility index (Phi) is 5.62. The zero-order chi connectivity index (χ0) is 13.7. The number of anilines is 1. The van der Waals surface area contributed by atoms with Crippen LogP contribution in [0.15, 0.2) is 22.7 Å². The van der Waals surface area contributed by atoms with Crippen molar-refractivity contribution in [3.8, 4) is 5.75 Å². The number of halogens is 1. The number of rotatable bonds is 5. The van der Waals surface area contributed by atoms with Crippen LogP contribution in [0.25, 0.3) is 0 Å². The quantitative estimate of drug-likeness (QED) is 0.878. The third-order valence-electron chi connectivity index (χ3n) is 2.48. The molecule has 0 aromatic heterocycles. The summed E-state index contributed by atoms with van der Waals surface area (Å²) in [6, 6.07) is 4.88. The number of benzene rings is 1. The molecule has 1 amide bonds. The minimum absolute atomic E-state index is 0.166. The summed E-state index contributed by atoms with van der Waals surface area (Å²) in [5, 5.41) is 2.79. The summed E-state index contributed by atoms with van der Waals surface area (Å²) in [5.74, 6) is 0.952. The molecule has 0 fully saturated rings. The van der Waals surface area contributed by atoms with Gasteiger partial charge in [0.1, 0.15) is 5.75 Å². The molecule has 0 bridgehead atoms. The highest BCUT2D eigenvalue weighted by molar-refractivity contribution is 9.10. The van der Waals surface area contributed by atoms with Crippen molar-refractivity contribution in [3.63, 3.8) is 0 Å². The summed E-state index contributed by atoms with van der Waals surface area (Å²) >= 11 is 3.37. The van der Waals surface area contributed by atoms with E-state index in [0.29, 0.717) is 18.0 Å². The first-order chi connectivity index (χ1) is 8.43. The van der Waals surface area contributed by atoms with Gasteiger partial charge in [-0.25, -0.2) is 0 Å². The van der Waals surface area contributed by atoms with Gasteiger partial charge in [-0.15, -0.1) is 0 Å². The number of hydrogen-bond acceptors (Lipinski definition) is 3. The highest BCUT2D eigenvalue weighted by Gasteiger charge is 2.15. The van der Waals surface area contributed by atoms with Crippen LogP contribution in [-0.4, -0.2) is 19.1 Å². The van der Waals surface area contributed by atoms with Crippen molar-refractivity contribution >= 4 is 27.5 Å². The number of amides is 1. The standard InChI is InChI=1S/C13H19BrN2O2/c1-8(2)6-11(15)13(17)16-9-4-5-12(18-3)10(14)7-9/h4-5,7-8,11H,6,15H2,1-3H3,(H,16,17). The molecule has 0 saturated carbocycles. The van der Waals surface area contributed by atoms with Crippen LogP contribution >= 0.6 is 15.9 Å². The first kappa shape index (κ1) is 15.0. The number of ether oxygens (including phenoxy) is 1. The molecule has 1 unspecified atom stereocenters. The van der Waals surface area contributed by atoms with Crippen LogP contribution in [-0.2, 0) is 4.79 Å². The Morgan fingerprint density at radius 1 is 1.50 bits per heavy atom. The third kappa shape index (κ3) is 4.31. The van der Waals surface area contributed by atoms with Crippen LogP contribution in [0.4, 0.5) is 5.69 Å². The van der Waals surface area contributed by atoms with Crippen LogP contribution in [0.3, 0.4) is 0 Å². The Bertz CT molecular complexity index is 421. The molecule has 0 aliphatic carbocycles. The fourth-order valence-electron chi connectivity index (χ4n) is 1.59. The lowest BCUT2D eigenvalue weighted by molar-refractivity contribution is -0.117. The second kappa shape index (κ2) is 6.75. The van der Waals surface area contributed by atoms with Gasteiger partial charge >= 0.3 is 0 Å². The lowest BCUT2D eigenvalue weighted by Crippen LogP contribution is -2.36. The molecule has 18 heavy (non-hydrogen) atoms. The van der Waals surface area contributed by atoms with Crippen LogP contribution in [0.1, 0.15) is 20.3 Å². The molecular weight excluding hydrogens is 296 g/mol. The highest BCUT2D eigenvalue weighted by atomic mass is 79.9. The molecule has 1 aromatic carbocycles. The van der Waals surface area contributed by atoms with E-state index in [1.807, 2.05) is 13.8 Å². The van der Waals surface area contributed by atoms with Gasteiger partial charge in [-0.1, -0.05) is 13.8 Å². The van der Waals surface area contributed by atoms with E-state index in [1.165, 1.54) is 0 Å². The van der Waals surface area contributed by atoms with Crippen molar-refractivity contribution in [3.05, 3.63) is 22.7 Å². The maximum Gasteiger partial charge on any atom is 0.241 e. The summed E-state index contributed by atoms with van der Waals surface area (Å²) in [7, 11) is 1.59. The van der Waals surface area contributed by atoms with Gasteiger partial charge in [-0.3, -0.25) is 4.79 Å². The van der Waals surface area contributed by atoms with Gasteiger partial charge in [0, 0.05) is 5.69 Å². The van der Waals surface area contributed by atoms with Gasteiger partial charge in [-0.05, 0) is 46.5 Å². The highest BCUT2D eigenvalue weighted by Crippen LogP contribution is 2.27. The number of methoxy groups -OCH3 is 1. The van der Waals surface area contributed by atoms with Crippen molar-refractivity contribution < 1.29 is 9.53 Å². The maximum atomic E-state index is 11.8. The van der Waals surface area contributed by atoms with Crippen LogP contribution in [0.5, 0.6) is 5.75 Å². The second-order valence-corrected chi connectivity index (χ2v) is 5.43. The number of nitrogens with two attached hydrogens (primary N) is 1. The zero-order valence-corrected chi connectivity index (χ0v) is 12.5. The Balaban J connectivity index is 2.67. The van der Waals surface area contributed by atoms with Gasteiger partial charge in [0.05, 0.1) is 17.6 Å². The van der Waals surface area contributed by atoms with Crippen molar-refractivity contribution in [1.82, 2.24) is 0 Å². The molecule has 0 aliphatic rings. The monoisotopic (exact) mass is 314 g/mol. The smallest absolute Gasteiger partial charge is 0.241 e. The summed E-state index contributed by atoms with van der Waals surface area (Å²) in [4.78, 5) is 11.8. The first-order valence-corrected chi connectivity index (χ1v) is 6.63. The molecule has 5 heteroatoms. The van der Waals surface area contributed by atoms with Crippen molar-refractivity contribution in [2.75, 3.05) is 12.4 Å². The van der Waals surface area contributed by atoms with Gasteiger partial charge in [0.2, 0.25) is 5.91 Å². The predicted molar refractivity (Wildman–Crippen MR) is 76.8 cm³/mol. The minimum atomic E-state index is -0.481. The SMILES string of the molecule is COc1ccc(NC(=O)C(N)CC(C)C)cc1Br. The van der Waals surface area contributed by atoms with Crippen LogP contribution < -0.4 is 15.8 Å². The number of nitrogens with one attached hydrogen (secondary N) is 1. The zero-order valence-electron chi connectivity index (χ0n) is 10.9. The van der Waals surface area contributed by atoms with Crippen LogP contribution in [0, 0.1) is 5.92 Å². The average Bonchev–Trinajstić information content (AvgIpc) is 2.28. The molecule has 1 rings (SSSR count). The van der Waals surface area contributed by atoms with Gasteiger partial charge in [0.25, 0.3) is 0 Å². The van der Waals surface area contributed by atoms with E-state index in [1.54, 1.807) is 25.3 Å². The minimum Gasteiger partial charge on any atom is -0.496 e. The summed E-state index contributed by atoms with van der Waals surface area (Å²) < 4.78 is 5.91. The largest absolute Gasteiger partial charge is 0.496 e. The number of hydrogen-bond donors (Lipinski definition) is 2. The second-order valence-electron chi connectivity index (χ2n) is 4.57. The molecule has 0 spiro atoms. The fraction of sp³-hybridized carbons (Fsp3) is 0.462. The van der Waals surface area contributed by atoms with Gasteiger partial charge in [-0.2, -0.15) is 0 Å². The van der Waals surface area contributed by atoms with E-state index in [4.69, 9.17) is 10.5 Å². The number of carbonyl (C=O) groups excluding carboxylic acids is 1. The first-order valence-electron chi connectivity index (χ1n) is 5.84. The predicted octanol–water partition coefficient (Wildman–Crippen LogP) is 2.77. The Morgan fingerprint density at radius 3 is 2.67 bits per heavy atom. The van der Waals surface area contributed by atoms with Gasteiger partial charge in [0.15, 0.2) is 0 Å². The fourth-order valence-corrected chi connectivity index (χ4v) is 2.13. The number of carbonyl (C=O) groups is 1. The molecule has 3 N–H and O–H groups in total. The Labute approximate surface area is 116 Å². The van der Waals surface area contributed by atoms with Crippen molar-refractivity contribution in [1.29, 1.82) is 0 Å². The molecule has 0 radical (unpaired) electrons.